The maximum absolute atomic E-state index is 11.2. The summed E-state index contributed by atoms with van der Waals surface area (Å²) in [5.41, 5.74) is 1.13. The molecule has 22 heavy (non-hydrogen) atoms. The molecule has 3 N–H and O–H groups in total. The van der Waals surface area contributed by atoms with E-state index in [2.05, 4.69) is 0 Å². The van der Waals surface area contributed by atoms with Crippen molar-refractivity contribution in [2.75, 3.05) is 0 Å². The Morgan fingerprint density at radius 2 is 1.41 bits per heavy atom. The Bertz CT molecular complexity index is 886. The van der Waals surface area contributed by atoms with E-state index in [1.54, 1.807) is 0 Å². The van der Waals surface area contributed by atoms with Gasteiger partial charge in [-0.25, -0.2) is 14.4 Å². The van der Waals surface area contributed by atoms with Crippen molar-refractivity contribution in [3.8, 4) is 0 Å². The number of aromatic carboxylic acids is 2. The highest BCUT2D eigenvalue weighted by atomic mass is 16.4. The van der Waals surface area contributed by atoms with Gasteiger partial charge in [0.1, 0.15) is 0 Å². The largest absolute Gasteiger partial charge is 0.478 e. The summed E-state index contributed by atoms with van der Waals surface area (Å²) in [5.74, 6) is -3.41. The highest BCUT2D eigenvalue weighted by molar-refractivity contribution is 6.07. The molecule has 3 rings (SSSR count). The monoisotopic (exact) mass is 298 g/mol. The lowest BCUT2D eigenvalue weighted by molar-refractivity contribution is -0.132. The normalized spacial score (nSPS) is 12.8. The van der Waals surface area contributed by atoms with Crippen LogP contribution in [0.4, 0.5) is 0 Å². The second-order valence-electron chi connectivity index (χ2n) is 5.06. The highest BCUT2D eigenvalue weighted by Gasteiger charge is 2.21. The Morgan fingerprint density at radius 3 is 1.95 bits per heavy atom. The zero-order valence-electron chi connectivity index (χ0n) is 11.2. The lowest BCUT2D eigenvalue weighted by atomic mass is 9.86. The molecule has 0 radical (unpaired) electrons. The third kappa shape index (κ3) is 2.10. The molecular formula is C16H10O6. The topological polar surface area (TPSA) is 112 Å². The molecule has 0 aliphatic heterocycles. The molecule has 0 heterocycles. The summed E-state index contributed by atoms with van der Waals surface area (Å²) in [4.78, 5) is 33.6. The van der Waals surface area contributed by atoms with Gasteiger partial charge >= 0.3 is 17.9 Å². The standard InChI is InChI=1S/C16H10O6/c17-14(18)10-1-7-2-11(15(19)20)5-9-6-12(16(21)22)4-8(3-10)13(7)9/h1-5H,6H2,(H,17,18)(H,19,20)(H,21,22). The summed E-state index contributed by atoms with van der Waals surface area (Å²) in [5, 5.41) is 28.7. The summed E-state index contributed by atoms with van der Waals surface area (Å²) in [7, 11) is 0. The van der Waals surface area contributed by atoms with Crippen molar-refractivity contribution < 1.29 is 29.7 Å². The van der Waals surface area contributed by atoms with Gasteiger partial charge < -0.3 is 15.3 Å². The lowest BCUT2D eigenvalue weighted by Crippen LogP contribution is -2.10. The van der Waals surface area contributed by atoms with E-state index in [1.165, 1.54) is 30.3 Å². The number of aliphatic carboxylic acids is 1. The van der Waals surface area contributed by atoms with E-state index >= 15 is 0 Å². The first-order chi connectivity index (χ1) is 10.4. The van der Waals surface area contributed by atoms with Crippen LogP contribution in [0.3, 0.4) is 0 Å². The van der Waals surface area contributed by atoms with E-state index in [1.807, 2.05) is 0 Å². The van der Waals surface area contributed by atoms with Crippen LogP contribution in [0.5, 0.6) is 0 Å². The Labute approximate surface area is 123 Å². The zero-order valence-corrected chi connectivity index (χ0v) is 11.2. The van der Waals surface area contributed by atoms with Crippen molar-refractivity contribution in [3.05, 3.63) is 52.1 Å². The fourth-order valence-electron chi connectivity index (χ4n) is 2.72. The Morgan fingerprint density at radius 1 is 0.818 bits per heavy atom. The molecule has 0 spiro atoms. The van der Waals surface area contributed by atoms with Crippen molar-refractivity contribution in [2.24, 2.45) is 0 Å². The van der Waals surface area contributed by atoms with E-state index in [9.17, 15) is 19.5 Å². The molecule has 1 aliphatic rings. The van der Waals surface area contributed by atoms with Gasteiger partial charge in [-0.1, -0.05) is 0 Å². The van der Waals surface area contributed by atoms with Crippen LogP contribution in [-0.4, -0.2) is 33.2 Å². The van der Waals surface area contributed by atoms with Crippen LogP contribution in [-0.2, 0) is 11.2 Å². The van der Waals surface area contributed by atoms with Crippen LogP contribution >= 0.6 is 0 Å². The summed E-state index contributed by atoms with van der Waals surface area (Å²) >= 11 is 0. The second kappa shape index (κ2) is 4.70. The fourth-order valence-corrected chi connectivity index (χ4v) is 2.72. The van der Waals surface area contributed by atoms with E-state index in [4.69, 9.17) is 10.2 Å². The Balaban J connectivity index is 2.39. The van der Waals surface area contributed by atoms with Gasteiger partial charge in [0.05, 0.1) is 11.1 Å². The van der Waals surface area contributed by atoms with Gasteiger partial charge in [0, 0.05) is 12.0 Å². The quantitative estimate of drug-likeness (QED) is 0.801. The van der Waals surface area contributed by atoms with E-state index in [0.717, 1.165) is 0 Å². The van der Waals surface area contributed by atoms with Gasteiger partial charge in [-0.2, -0.15) is 0 Å². The molecular weight excluding hydrogens is 288 g/mol. The van der Waals surface area contributed by atoms with Crippen LogP contribution in [0.1, 0.15) is 31.8 Å². The van der Waals surface area contributed by atoms with Crippen LogP contribution in [0, 0.1) is 0 Å². The number of carboxylic acid groups (broad SMARTS) is 3. The minimum absolute atomic E-state index is 0.00243. The molecule has 2 aromatic rings. The molecule has 0 fully saturated rings. The molecule has 2 aromatic carbocycles. The Hall–Kier alpha value is -3.15. The molecule has 0 saturated heterocycles. The van der Waals surface area contributed by atoms with Crippen molar-refractivity contribution in [1.82, 2.24) is 0 Å². The van der Waals surface area contributed by atoms with Crippen molar-refractivity contribution in [3.63, 3.8) is 0 Å². The van der Waals surface area contributed by atoms with Crippen LogP contribution in [0.15, 0.2) is 29.8 Å². The van der Waals surface area contributed by atoms with Crippen molar-refractivity contribution >= 4 is 34.8 Å². The molecule has 0 unspecified atom stereocenters. The number of hydrogen-bond acceptors (Lipinski definition) is 3. The number of carboxylic acids is 3. The first-order valence-corrected chi connectivity index (χ1v) is 6.38. The minimum Gasteiger partial charge on any atom is -0.478 e. The van der Waals surface area contributed by atoms with E-state index in [0.29, 0.717) is 21.9 Å². The van der Waals surface area contributed by atoms with E-state index in [-0.39, 0.29) is 23.1 Å². The first kappa shape index (κ1) is 13.8. The van der Waals surface area contributed by atoms with Crippen molar-refractivity contribution in [2.45, 2.75) is 6.42 Å². The predicted molar refractivity (Wildman–Crippen MR) is 77.2 cm³/mol. The first-order valence-electron chi connectivity index (χ1n) is 6.38. The molecule has 110 valence electrons. The Kier molecular flexibility index (Phi) is 2.95. The van der Waals surface area contributed by atoms with Crippen LogP contribution in [0.25, 0.3) is 16.8 Å². The predicted octanol–water partition coefficient (Wildman–Crippen LogP) is 2.26. The number of carbonyl (C=O) groups is 3. The molecule has 0 saturated carbocycles. The molecule has 0 amide bonds. The fraction of sp³-hybridized carbons (Fsp3) is 0.0625. The summed E-state index contributed by atoms with van der Waals surface area (Å²) in [6, 6.07) is 5.63. The highest BCUT2D eigenvalue weighted by Crippen LogP contribution is 2.33. The third-order valence-corrected chi connectivity index (χ3v) is 3.64. The average molecular weight is 298 g/mol. The summed E-state index contributed by atoms with van der Waals surface area (Å²) < 4.78 is 0. The number of benzene rings is 2. The molecule has 0 bridgehead atoms. The van der Waals surface area contributed by atoms with Gasteiger partial charge in [0.2, 0.25) is 0 Å². The van der Waals surface area contributed by atoms with Gasteiger partial charge in [0.15, 0.2) is 0 Å². The van der Waals surface area contributed by atoms with Crippen molar-refractivity contribution in [1.29, 1.82) is 0 Å². The molecule has 0 atom stereocenters. The molecule has 1 aliphatic carbocycles. The van der Waals surface area contributed by atoms with Gasteiger partial charge in [0.25, 0.3) is 0 Å². The summed E-state index contributed by atoms with van der Waals surface area (Å²) in [6.45, 7) is 0. The second-order valence-corrected chi connectivity index (χ2v) is 5.06. The van der Waals surface area contributed by atoms with Crippen LogP contribution < -0.4 is 0 Å². The third-order valence-electron chi connectivity index (χ3n) is 3.64. The number of hydrogen-bond donors (Lipinski definition) is 3. The van der Waals surface area contributed by atoms with Gasteiger partial charge in [-0.3, -0.25) is 0 Å². The maximum atomic E-state index is 11.2. The van der Waals surface area contributed by atoms with Gasteiger partial charge in [-0.15, -0.1) is 0 Å². The summed E-state index contributed by atoms with van der Waals surface area (Å²) in [6.07, 6.45) is 1.54. The minimum atomic E-state index is -1.16. The SMILES string of the molecule is O=C(O)C1=Cc2cc(C(=O)O)cc3cc(C(=O)O)cc(c23)C1. The van der Waals surface area contributed by atoms with Crippen LogP contribution in [0.2, 0.25) is 0 Å². The number of rotatable bonds is 3. The molecule has 0 aromatic heterocycles. The molecule has 6 heteroatoms. The van der Waals surface area contributed by atoms with Gasteiger partial charge in [-0.05, 0) is 52.2 Å². The maximum Gasteiger partial charge on any atom is 0.335 e. The van der Waals surface area contributed by atoms with E-state index < -0.39 is 17.9 Å². The molecule has 6 nitrogen and oxygen atoms in total. The lowest BCUT2D eigenvalue weighted by Gasteiger charge is -2.17. The average Bonchev–Trinajstić information content (AvgIpc) is 2.46. The zero-order chi connectivity index (χ0) is 16.0. The smallest absolute Gasteiger partial charge is 0.335 e.